The molecule has 0 aliphatic carbocycles. The van der Waals surface area contributed by atoms with Crippen LogP contribution in [0.1, 0.15) is 101 Å². The van der Waals surface area contributed by atoms with E-state index in [0.29, 0.717) is 11.5 Å². The number of phenols is 2. The number of rotatable bonds is 6. The molecule has 190 valence electrons. The summed E-state index contributed by atoms with van der Waals surface area (Å²) in [5.74, 6) is 0.737. The van der Waals surface area contributed by atoms with Crippen LogP contribution >= 0.6 is 0 Å². The lowest BCUT2D eigenvalue weighted by Gasteiger charge is -2.45. The molecule has 0 unspecified atom stereocenters. The summed E-state index contributed by atoms with van der Waals surface area (Å²) in [6.45, 7) is 8.61. The molecule has 34 heavy (non-hydrogen) atoms. The summed E-state index contributed by atoms with van der Waals surface area (Å²) in [5.41, 5.74) is 1.81. The first-order valence-corrected chi connectivity index (χ1v) is 14.2. The number of likely N-dealkylation sites (tertiary alicyclic amines) is 4. The quantitative estimate of drug-likeness (QED) is 0.568. The molecular formula is C28H46N4O2. The van der Waals surface area contributed by atoms with E-state index >= 15 is 0 Å². The lowest BCUT2D eigenvalue weighted by molar-refractivity contribution is 0.0113. The van der Waals surface area contributed by atoms with E-state index < -0.39 is 0 Å². The van der Waals surface area contributed by atoms with Crippen LogP contribution in [0.25, 0.3) is 0 Å². The molecule has 0 amide bonds. The maximum Gasteiger partial charge on any atom is 0.122 e. The van der Waals surface area contributed by atoms with Crippen molar-refractivity contribution in [3.8, 4) is 11.5 Å². The Bertz CT molecular complexity index is 677. The van der Waals surface area contributed by atoms with Gasteiger partial charge in [0.15, 0.2) is 0 Å². The molecule has 0 radical (unpaired) electrons. The Balaban J connectivity index is 1.48. The van der Waals surface area contributed by atoms with Gasteiger partial charge in [0.2, 0.25) is 0 Å². The first kappa shape index (κ1) is 24.4. The molecule has 4 aliphatic rings. The minimum absolute atomic E-state index is 0.0731. The molecule has 4 fully saturated rings. The van der Waals surface area contributed by atoms with E-state index in [1.54, 1.807) is 0 Å². The fourth-order valence-corrected chi connectivity index (χ4v) is 6.92. The lowest BCUT2D eigenvalue weighted by atomic mass is 9.97. The van der Waals surface area contributed by atoms with Gasteiger partial charge >= 0.3 is 0 Å². The molecule has 2 N–H and O–H groups in total. The summed E-state index contributed by atoms with van der Waals surface area (Å²) >= 11 is 0. The van der Waals surface area contributed by atoms with Crippen LogP contribution in [0.4, 0.5) is 0 Å². The minimum atomic E-state index is 0.0731. The highest BCUT2D eigenvalue weighted by atomic mass is 16.3. The van der Waals surface area contributed by atoms with Crippen molar-refractivity contribution in [3.05, 3.63) is 23.3 Å². The van der Waals surface area contributed by atoms with Crippen LogP contribution in [0.3, 0.4) is 0 Å². The van der Waals surface area contributed by atoms with Gasteiger partial charge in [-0.1, -0.05) is 25.7 Å². The average molecular weight is 471 g/mol. The van der Waals surface area contributed by atoms with Crippen LogP contribution < -0.4 is 0 Å². The Hall–Kier alpha value is -1.34. The molecule has 1 aromatic rings. The average Bonchev–Trinajstić information content (AvgIpc) is 2.90. The molecular weight excluding hydrogens is 424 g/mol. The van der Waals surface area contributed by atoms with Crippen LogP contribution in [-0.2, 0) is 0 Å². The molecule has 0 bridgehead atoms. The Morgan fingerprint density at radius 2 is 0.647 bits per heavy atom. The van der Waals surface area contributed by atoms with Crippen LogP contribution in [0.5, 0.6) is 11.5 Å². The SMILES string of the molecule is Oc1cc(C(N2CCCCC2)N2CCCCC2)c(O)cc1C(N1CCCCC1)N1CCCCC1. The van der Waals surface area contributed by atoms with E-state index in [0.717, 1.165) is 63.5 Å². The van der Waals surface area contributed by atoms with Gasteiger partial charge in [-0.2, -0.15) is 0 Å². The number of piperidine rings is 4. The maximum absolute atomic E-state index is 11.5. The van der Waals surface area contributed by atoms with Gasteiger partial charge in [-0.05, 0) is 116 Å². The van der Waals surface area contributed by atoms with Crippen molar-refractivity contribution < 1.29 is 10.2 Å². The molecule has 4 saturated heterocycles. The van der Waals surface area contributed by atoms with Crippen LogP contribution in [0.15, 0.2) is 12.1 Å². The number of nitrogens with zero attached hydrogens (tertiary/aromatic N) is 4. The van der Waals surface area contributed by atoms with E-state index in [4.69, 9.17) is 0 Å². The molecule has 4 heterocycles. The normalized spacial score (nSPS) is 24.8. The van der Waals surface area contributed by atoms with Crippen molar-refractivity contribution in [2.45, 2.75) is 89.4 Å². The second kappa shape index (κ2) is 11.6. The van der Waals surface area contributed by atoms with E-state index in [1.807, 2.05) is 12.1 Å². The Labute approximate surface area is 206 Å². The third kappa shape index (κ3) is 5.40. The Kier molecular flexibility index (Phi) is 8.31. The largest absolute Gasteiger partial charge is 0.508 e. The van der Waals surface area contributed by atoms with Crippen molar-refractivity contribution >= 4 is 0 Å². The number of hydrogen-bond donors (Lipinski definition) is 2. The molecule has 0 atom stereocenters. The number of aromatic hydroxyl groups is 2. The first-order chi connectivity index (χ1) is 16.7. The fourth-order valence-electron chi connectivity index (χ4n) is 6.92. The van der Waals surface area contributed by atoms with Gasteiger partial charge < -0.3 is 10.2 Å². The van der Waals surface area contributed by atoms with Gasteiger partial charge in [0.25, 0.3) is 0 Å². The fraction of sp³-hybridized carbons (Fsp3) is 0.786. The van der Waals surface area contributed by atoms with Crippen LogP contribution in [-0.4, -0.2) is 82.2 Å². The summed E-state index contributed by atoms with van der Waals surface area (Å²) in [5, 5.41) is 23.0. The highest BCUT2D eigenvalue weighted by molar-refractivity contribution is 5.48. The molecule has 6 heteroatoms. The molecule has 0 saturated carbocycles. The first-order valence-electron chi connectivity index (χ1n) is 14.2. The molecule has 1 aromatic carbocycles. The second-order valence-corrected chi connectivity index (χ2v) is 11.1. The predicted molar refractivity (Wildman–Crippen MR) is 137 cm³/mol. The van der Waals surface area contributed by atoms with E-state index in [9.17, 15) is 10.2 Å². The standard InChI is InChI=1S/C28H46N4O2/c33-25-22-24(28(31-17-9-3-10-18-31)32-19-11-4-12-20-32)26(34)21-23(25)27(29-13-5-1-6-14-29)30-15-7-2-8-16-30/h21-22,27-28,33-34H,1-20H2. The topological polar surface area (TPSA) is 53.4 Å². The van der Waals surface area contributed by atoms with Gasteiger partial charge in [-0.15, -0.1) is 0 Å². The zero-order chi connectivity index (χ0) is 23.3. The van der Waals surface area contributed by atoms with Gasteiger partial charge in [0.05, 0.1) is 12.3 Å². The molecule has 6 nitrogen and oxygen atoms in total. The van der Waals surface area contributed by atoms with Gasteiger partial charge in [0, 0.05) is 11.1 Å². The summed E-state index contributed by atoms with van der Waals surface area (Å²) in [6.07, 6.45) is 15.1. The van der Waals surface area contributed by atoms with Crippen molar-refractivity contribution in [1.82, 2.24) is 19.6 Å². The lowest BCUT2D eigenvalue weighted by Crippen LogP contribution is -2.46. The molecule has 0 spiro atoms. The maximum atomic E-state index is 11.5. The third-order valence-corrected chi connectivity index (χ3v) is 8.68. The third-order valence-electron chi connectivity index (χ3n) is 8.68. The zero-order valence-corrected chi connectivity index (χ0v) is 21.1. The minimum Gasteiger partial charge on any atom is -0.508 e. The monoisotopic (exact) mass is 470 g/mol. The van der Waals surface area contributed by atoms with Crippen LogP contribution in [0, 0.1) is 0 Å². The van der Waals surface area contributed by atoms with Crippen molar-refractivity contribution in [2.24, 2.45) is 0 Å². The Morgan fingerprint density at radius 1 is 0.412 bits per heavy atom. The molecule has 5 rings (SSSR count). The smallest absolute Gasteiger partial charge is 0.122 e. The summed E-state index contributed by atoms with van der Waals surface area (Å²) in [6, 6.07) is 3.86. The predicted octanol–water partition coefficient (Wildman–Crippen LogP) is 5.04. The van der Waals surface area contributed by atoms with E-state index in [-0.39, 0.29) is 12.3 Å². The summed E-state index contributed by atoms with van der Waals surface area (Å²) in [7, 11) is 0. The van der Waals surface area contributed by atoms with Crippen molar-refractivity contribution in [1.29, 1.82) is 0 Å². The number of benzene rings is 1. The highest BCUT2D eigenvalue weighted by Gasteiger charge is 2.35. The van der Waals surface area contributed by atoms with Crippen LogP contribution in [0.2, 0.25) is 0 Å². The van der Waals surface area contributed by atoms with E-state index in [1.165, 1.54) is 77.0 Å². The second-order valence-electron chi connectivity index (χ2n) is 11.1. The van der Waals surface area contributed by atoms with Crippen molar-refractivity contribution in [3.63, 3.8) is 0 Å². The number of phenolic OH excluding ortho intramolecular Hbond substituents is 2. The highest BCUT2D eigenvalue weighted by Crippen LogP contribution is 2.42. The zero-order valence-electron chi connectivity index (χ0n) is 21.1. The van der Waals surface area contributed by atoms with E-state index in [2.05, 4.69) is 19.6 Å². The molecule has 0 aromatic heterocycles. The van der Waals surface area contributed by atoms with Gasteiger partial charge in [-0.25, -0.2) is 0 Å². The number of hydrogen-bond acceptors (Lipinski definition) is 6. The Morgan fingerprint density at radius 3 is 0.882 bits per heavy atom. The summed E-state index contributed by atoms with van der Waals surface area (Å²) in [4.78, 5) is 10.2. The van der Waals surface area contributed by atoms with Gasteiger partial charge in [-0.3, -0.25) is 19.6 Å². The van der Waals surface area contributed by atoms with Gasteiger partial charge in [0.1, 0.15) is 11.5 Å². The molecule has 4 aliphatic heterocycles. The summed E-state index contributed by atoms with van der Waals surface area (Å²) < 4.78 is 0. The van der Waals surface area contributed by atoms with Crippen molar-refractivity contribution in [2.75, 3.05) is 52.4 Å².